The first-order chi connectivity index (χ1) is 10.6. The summed E-state index contributed by atoms with van der Waals surface area (Å²) in [5, 5.41) is 9.54. The van der Waals surface area contributed by atoms with Crippen LogP contribution in [-0.2, 0) is 15.0 Å². The van der Waals surface area contributed by atoms with Gasteiger partial charge in [0, 0.05) is 0 Å². The average Bonchev–Trinajstić information content (AvgIpc) is 3.14. The molecular weight excluding hydrogens is 312 g/mol. The summed E-state index contributed by atoms with van der Waals surface area (Å²) in [5.74, 6) is -0.537. The molecule has 0 atom stereocenters. The van der Waals surface area contributed by atoms with Gasteiger partial charge in [0.1, 0.15) is 6.61 Å². The van der Waals surface area contributed by atoms with E-state index in [4.69, 9.17) is 4.84 Å². The number of hydrogen-bond donors (Lipinski definition) is 2. The number of ether oxygens (including phenoxy) is 2. The number of amides is 1. The van der Waals surface area contributed by atoms with E-state index in [1.807, 2.05) is 0 Å². The second kappa shape index (κ2) is 5.04. The van der Waals surface area contributed by atoms with Crippen molar-refractivity contribution in [2.24, 2.45) is 0 Å². The number of halogens is 2. The fourth-order valence-electron chi connectivity index (χ4n) is 2.39. The van der Waals surface area contributed by atoms with Crippen LogP contribution in [0.15, 0.2) is 18.2 Å². The van der Waals surface area contributed by atoms with Crippen molar-refractivity contribution in [3.8, 4) is 11.5 Å². The Morgan fingerprint density at radius 1 is 1.35 bits per heavy atom. The van der Waals surface area contributed by atoms with Crippen molar-refractivity contribution in [1.29, 1.82) is 0 Å². The molecule has 1 saturated carbocycles. The minimum Gasteiger partial charge on any atom is -0.395 e. The van der Waals surface area contributed by atoms with Crippen LogP contribution in [0.1, 0.15) is 32.3 Å². The Kier molecular flexibility index (Phi) is 3.49. The summed E-state index contributed by atoms with van der Waals surface area (Å²) in [7, 11) is 0. The first-order valence-electron chi connectivity index (χ1n) is 7.16. The van der Waals surface area contributed by atoms with Crippen LogP contribution in [0.2, 0.25) is 0 Å². The minimum atomic E-state index is -3.68. The highest BCUT2D eigenvalue weighted by molar-refractivity contribution is 5.90. The highest BCUT2D eigenvalue weighted by Gasteiger charge is 2.53. The predicted molar refractivity (Wildman–Crippen MR) is 73.9 cm³/mol. The van der Waals surface area contributed by atoms with E-state index in [-0.39, 0.29) is 24.0 Å². The summed E-state index contributed by atoms with van der Waals surface area (Å²) in [6.45, 7) is 3.02. The zero-order chi connectivity index (χ0) is 16.9. The molecule has 6 nitrogen and oxygen atoms in total. The second-order valence-electron chi connectivity index (χ2n) is 6.44. The van der Waals surface area contributed by atoms with E-state index < -0.39 is 17.3 Å². The van der Waals surface area contributed by atoms with Crippen molar-refractivity contribution >= 4 is 5.91 Å². The molecule has 0 unspecified atom stereocenters. The molecule has 8 heteroatoms. The van der Waals surface area contributed by atoms with E-state index in [0.29, 0.717) is 18.4 Å². The molecule has 126 valence electrons. The summed E-state index contributed by atoms with van der Waals surface area (Å²) in [6.07, 6.45) is -2.54. The molecule has 1 aromatic rings. The molecule has 1 aliphatic carbocycles. The first-order valence-corrected chi connectivity index (χ1v) is 7.16. The smallest absolute Gasteiger partial charge is 0.395 e. The highest BCUT2D eigenvalue weighted by atomic mass is 19.3. The monoisotopic (exact) mass is 329 g/mol. The molecule has 1 amide bonds. The standard InChI is InChI=1S/C15H17F2NO5/c1-13(2,20)8-21-18-12(19)14(5-6-14)9-3-4-10-11(7-9)23-15(16,17)22-10/h3-4,7,20H,5-6,8H2,1-2H3,(H,18,19). The number of hydrogen-bond acceptors (Lipinski definition) is 5. The molecule has 3 rings (SSSR count). The maximum Gasteiger partial charge on any atom is 0.586 e. The Morgan fingerprint density at radius 3 is 2.61 bits per heavy atom. The van der Waals surface area contributed by atoms with Gasteiger partial charge in [0.2, 0.25) is 0 Å². The molecule has 2 aliphatic rings. The van der Waals surface area contributed by atoms with Crippen molar-refractivity contribution < 1.29 is 33.0 Å². The van der Waals surface area contributed by atoms with Gasteiger partial charge in [0.15, 0.2) is 11.5 Å². The number of fused-ring (bicyclic) bond motifs is 1. The Labute approximate surface area is 131 Å². The molecule has 1 heterocycles. The summed E-state index contributed by atoms with van der Waals surface area (Å²) in [6, 6.07) is 4.31. The van der Waals surface area contributed by atoms with E-state index in [1.165, 1.54) is 12.1 Å². The number of aliphatic hydroxyl groups is 1. The van der Waals surface area contributed by atoms with Crippen molar-refractivity contribution in [3.63, 3.8) is 0 Å². The van der Waals surface area contributed by atoms with Crippen molar-refractivity contribution in [2.45, 2.75) is 44.0 Å². The SMILES string of the molecule is CC(C)(O)CONC(=O)C1(c2ccc3c(c2)OC(F)(F)O3)CC1. The van der Waals surface area contributed by atoms with Crippen molar-refractivity contribution in [2.75, 3.05) is 6.61 Å². The van der Waals surface area contributed by atoms with Gasteiger partial charge >= 0.3 is 6.29 Å². The fourth-order valence-corrected chi connectivity index (χ4v) is 2.39. The van der Waals surface area contributed by atoms with Crippen LogP contribution in [0.3, 0.4) is 0 Å². The van der Waals surface area contributed by atoms with Gasteiger partial charge in [-0.15, -0.1) is 8.78 Å². The van der Waals surface area contributed by atoms with Gasteiger partial charge in [-0.25, -0.2) is 5.48 Å². The molecule has 1 aromatic carbocycles. The van der Waals surface area contributed by atoms with Gasteiger partial charge in [-0.3, -0.25) is 9.63 Å². The number of carbonyl (C=O) groups is 1. The van der Waals surface area contributed by atoms with Crippen molar-refractivity contribution in [3.05, 3.63) is 23.8 Å². The third kappa shape index (κ3) is 3.23. The van der Waals surface area contributed by atoms with Gasteiger partial charge in [-0.05, 0) is 44.4 Å². The Hall–Kier alpha value is -1.93. The molecule has 2 N–H and O–H groups in total. The third-order valence-electron chi connectivity index (χ3n) is 3.73. The number of benzene rings is 1. The first kappa shape index (κ1) is 15.9. The van der Waals surface area contributed by atoms with Crippen LogP contribution in [-0.4, -0.2) is 29.5 Å². The van der Waals surface area contributed by atoms with Crippen LogP contribution < -0.4 is 15.0 Å². The van der Waals surface area contributed by atoms with E-state index in [2.05, 4.69) is 15.0 Å². The van der Waals surface area contributed by atoms with Crippen LogP contribution in [0.4, 0.5) is 8.78 Å². The number of rotatable bonds is 5. The summed E-state index contributed by atoms with van der Waals surface area (Å²) >= 11 is 0. The largest absolute Gasteiger partial charge is 0.586 e. The lowest BCUT2D eigenvalue weighted by Gasteiger charge is -2.19. The lowest BCUT2D eigenvalue weighted by atomic mass is 9.95. The van der Waals surface area contributed by atoms with Gasteiger partial charge in [-0.1, -0.05) is 6.07 Å². The van der Waals surface area contributed by atoms with Gasteiger partial charge in [0.05, 0.1) is 11.0 Å². The maximum absolute atomic E-state index is 13.1. The van der Waals surface area contributed by atoms with Gasteiger partial charge in [0.25, 0.3) is 5.91 Å². The molecule has 0 radical (unpaired) electrons. The lowest BCUT2D eigenvalue weighted by Crippen LogP contribution is -2.38. The number of hydroxylamine groups is 1. The van der Waals surface area contributed by atoms with Gasteiger partial charge in [-0.2, -0.15) is 0 Å². The average molecular weight is 329 g/mol. The number of nitrogens with one attached hydrogen (secondary N) is 1. The molecular formula is C15H17F2NO5. The Bertz CT molecular complexity index is 637. The van der Waals surface area contributed by atoms with E-state index in [1.54, 1.807) is 19.9 Å². The zero-order valence-corrected chi connectivity index (χ0v) is 12.7. The van der Waals surface area contributed by atoms with Gasteiger partial charge < -0.3 is 14.6 Å². The molecule has 0 spiro atoms. The molecule has 0 saturated heterocycles. The Morgan fingerprint density at radius 2 is 2.00 bits per heavy atom. The van der Waals surface area contributed by atoms with Crippen LogP contribution in [0, 0.1) is 0 Å². The minimum absolute atomic E-state index is 0.0618. The summed E-state index contributed by atoms with van der Waals surface area (Å²) in [5.41, 5.74) is 0.964. The summed E-state index contributed by atoms with van der Waals surface area (Å²) < 4.78 is 34.8. The summed E-state index contributed by atoms with van der Waals surface area (Å²) in [4.78, 5) is 17.3. The second-order valence-corrected chi connectivity index (χ2v) is 6.44. The van der Waals surface area contributed by atoms with E-state index >= 15 is 0 Å². The molecule has 23 heavy (non-hydrogen) atoms. The van der Waals surface area contributed by atoms with Crippen LogP contribution >= 0.6 is 0 Å². The maximum atomic E-state index is 13.1. The van der Waals surface area contributed by atoms with E-state index in [9.17, 15) is 18.7 Å². The van der Waals surface area contributed by atoms with Crippen molar-refractivity contribution in [1.82, 2.24) is 5.48 Å². The quantitative estimate of drug-likeness (QED) is 0.807. The topological polar surface area (TPSA) is 77.0 Å². The molecule has 0 aromatic heterocycles. The molecule has 0 bridgehead atoms. The molecule has 1 aliphatic heterocycles. The lowest BCUT2D eigenvalue weighted by molar-refractivity contribution is -0.286. The van der Waals surface area contributed by atoms with Crippen LogP contribution in [0.5, 0.6) is 11.5 Å². The van der Waals surface area contributed by atoms with Crippen LogP contribution in [0.25, 0.3) is 0 Å². The molecule has 1 fully saturated rings. The predicted octanol–water partition coefficient (Wildman–Crippen LogP) is 1.86. The van der Waals surface area contributed by atoms with E-state index in [0.717, 1.165) is 0 Å². The fraction of sp³-hybridized carbons (Fsp3) is 0.533. The zero-order valence-electron chi connectivity index (χ0n) is 12.7. The normalized spacial score (nSPS) is 20.2. The third-order valence-corrected chi connectivity index (χ3v) is 3.73. The number of carbonyl (C=O) groups excluding carboxylic acids is 1. The highest BCUT2D eigenvalue weighted by Crippen LogP contribution is 2.51. The Balaban J connectivity index is 1.71. The number of alkyl halides is 2.